The molecule has 1 N–H and O–H groups in total. The molecule has 0 saturated carbocycles. The molecule has 1 heterocycles. The van der Waals surface area contributed by atoms with Gasteiger partial charge < -0.3 is 5.32 Å². The fourth-order valence-corrected chi connectivity index (χ4v) is 3.44. The summed E-state index contributed by atoms with van der Waals surface area (Å²) in [4.78, 5) is 5.79. The lowest BCUT2D eigenvalue weighted by atomic mass is 10.1. The first kappa shape index (κ1) is 15.8. The Morgan fingerprint density at radius 3 is 2.45 bits per heavy atom. The van der Waals surface area contributed by atoms with Crippen molar-refractivity contribution < 1.29 is 0 Å². The molecule has 1 aromatic heterocycles. The molecule has 3 aromatic rings. The highest BCUT2D eigenvalue weighted by atomic mass is 79.9. The van der Waals surface area contributed by atoms with Gasteiger partial charge in [-0.3, -0.25) is 0 Å². The number of thiazole rings is 1. The fourth-order valence-electron chi connectivity index (χ4n) is 2.02. The first-order chi connectivity index (χ1) is 10.5. The Morgan fingerprint density at radius 2 is 1.77 bits per heavy atom. The van der Waals surface area contributed by atoms with Crippen molar-refractivity contribution in [1.82, 2.24) is 4.98 Å². The molecular weight excluding hydrogens is 403 g/mol. The van der Waals surface area contributed by atoms with Gasteiger partial charge in [-0.15, -0.1) is 11.3 Å². The predicted molar refractivity (Wildman–Crippen MR) is 99.7 cm³/mol. The molecule has 0 spiro atoms. The normalized spacial score (nSPS) is 10.7. The minimum Gasteiger partial charge on any atom is -0.332 e. The van der Waals surface area contributed by atoms with Crippen LogP contribution in [0.25, 0.3) is 11.3 Å². The van der Waals surface area contributed by atoms with Crippen LogP contribution in [0.5, 0.6) is 0 Å². The zero-order valence-corrected chi connectivity index (χ0v) is 15.4. The number of aromatic nitrogens is 1. The summed E-state index contributed by atoms with van der Waals surface area (Å²) in [5.41, 5.74) is 2.88. The van der Waals surface area contributed by atoms with E-state index in [4.69, 9.17) is 23.2 Å². The Hall–Kier alpha value is -1.07. The van der Waals surface area contributed by atoms with E-state index in [-0.39, 0.29) is 0 Å². The topological polar surface area (TPSA) is 24.9 Å². The van der Waals surface area contributed by atoms with Gasteiger partial charge in [-0.05, 0) is 43.3 Å². The quantitative estimate of drug-likeness (QED) is 0.503. The van der Waals surface area contributed by atoms with Crippen LogP contribution in [-0.4, -0.2) is 4.98 Å². The molecule has 2 aromatic carbocycles. The van der Waals surface area contributed by atoms with Gasteiger partial charge in [-0.25, -0.2) is 4.98 Å². The highest BCUT2D eigenvalue weighted by Crippen LogP contribution is 2.34. The Morgan fingerprint density at radius 1 is 1.05 bits per heavy atom. The molecule has 0 aliphatic rings. The van der Waals surface area contributed by atoms with Crippen LogP contribution in [0.3, 0.4) is 0 Å². The van der Waals surface area contributed by atoms with Crippen LogP contribution < -0.4 is 5.32 Å². The zero-order valence-electron chi connectivity index (χ0n) is 11.5. The molecule has 0 amide bonds. The summed E-state index contributed by atoms with van der Waals surface area (Å²) >= 11 is 17.1. The largest absolute Gasteiger partial charge is 0.332 e. The Balaban J connectivity index is 1.90. The SMILES string of the molecule is Cc1sc(Nc2ccc(Br)cc2)nc1-c1ccc(Cl)c(Cl)c1. The van der Waals surface area contributed by atoms with Gasteiger partial charge in [0.2, 0.25) is 0 Å². The fraction of sp³-hybridized carbons (Fsp3) is 0.0625. The van der Waals surface area contributed by atoms with E-state index >= 15 is 0 Å². The molecule has 3 rings (SSSR count). The van der Waals surface area contributed by atoms with Gasteiger partial charge in [0.15, 0.2) is 5.13 Å². The minimum absolute atomic E-state index is 0.536. The van der Waals surface area contributed by atoms with E-state index in [0.717, 1.165) is 31.4 Å². The maximum absolute atomic E-state index is 6.09. The summed E-state index contributed by atoms with van der Waals surface area (Å²) in [7, 11) is 0. The van der Waals surface area contributed by atoms with Crippen molar-refractivity contribution in [2.45, 2.75) is 6.92 Å². The van der Waals surface area contributed by atoms with Crippen LogP contribution >= 0.6 is 50.5 Å². The van der Waals surface area contributed by atoms with Gasteiger partial charge >= 0.3 is 0 Å². The molecule has 112 valence electrons. The molecule has 0 fully saturated rings. The van der Waals surface area contributed by atoms with Gasteiger partial charge in [0.1, 0.15) is 0 Å². The Bertz CT molecular complexity index is 816. The van der Waals surface area contributed by atoms with Gasteiger partial charge in [0.05, 0.1) is 15.7 Å². The number of anilines is 2. The second-order valence-corrected chi connectivity index (χ2v) is 7.62. The number of aryl methyl sites for hydroxylation is 1. The molecule has 0 aliphatic carbocycles. The molecule has 2 nitrogen and oxygen atoms in total. The summed E-state index contributed by atoms with van der Waals surface area (Å²) in [6.45, 7) is 2.04. The number of halogens is 3. The van der Waals surface area contributed by atoms with E-state index in [1.165, 1.54) is 0 Å². The zero-order chi connectivity index (χ0) is 15.7. The van der Waals surface area contributed by atoms with Crippen molar-refractivity contribution in [2.24, 2.45) is 0 Å². The van der Waals surface area contributed by atoms with E-state index in [0.29, 0.717) is 10.0 Å². The first-order valence-corrected chi connectivity index (χ1v) is 8.85. The van der Waals surface area contributed by atoms with Gasteiger partial charge in [-0.1, -0.05) is 45.2 Å². The summed E-state index contributed by atoms with van der Waals surface area (Å²) in [6.07, 6.45) is 0. The van der Waals surface area contributed by atoms with Gasteiger partial charge in [-0.2, -0.15) is 0 Å². The lowest BCUT2D eigenvalue weighted by Crippen LogP contribution is -1.89. The van der Waals surface area contributed by atoms with E-state index in [1.54, 1.807) is 17.4 Å². The lowest BCUT2D eigenvalue weighted by Gasteiger charge is -2.02. The number of nitrogens with zero attached hydrogens (tertiary/aromatic N) is 1. The van der Waals surface area contributed by atoms with Gasteiger partial charge in [0.25, 0.3) is 0 Å². The summed E-state index contributed by atoms with van der Waals surface area (Å²) < 4.78 is 1.05. The molecular formula is C16H11BrCl2N2S. The molecule has 0 radical (unpaired) electrons. The third-order valence-corrected chi connectivity index (χ3v) is 5.24. The molecule has 0 unspecified atom stereocenters. The van der Waals surface area contributed by atoms with Crippen molar-refractivity contribution in [3.8, 4) is 11.3 Å². The van der Waals surface area contributed by atoms with Crippen LogP contribution in [0.15, 0.2) is 46.9 Å². The highest BCUT2D eigenvalue weighted by molar-refractivity contribution is 9.10. The third kappa shape index (κ3) is 3.46. The number of nitrogens with one attached hydrogen (secondary N) is 1. The van der Waals surface area contributed by atoms with E-state index < -0.39 is 0 Å². The van der Waals surface area contributed by atoms with Crippen molar-refractivity contribution >= 4 is 61.3 Å². The lowest BCUT2D eigenvalue weighted by molar-refractivity contribution is 1.36. The number of rotatable bonds is 3. The molecule has 0 atom stereocenters. The van der Waals surface area contributed by atoms with E-state index in [9.17, 15) is 0 Å². The van der Waals surface area contributed by atoms with Crippen LogP contribution in [0.4, 0.5) is 10.8 Å². The Kier molecular flexibility index (Phi) is 4.73. The standard InChI is InChI=1S/C16H11BrCl2N2S/c1-9-15(10-2-7-13(18)14(19)8-10)21-16(22-9)20-12-5-3-11(17)4-6-12/h2-8H,1H3,(H,20,21). The Labute approximate surface area is 151 Å². The van der Waals surface area contributed by atoms with Crippen molar-refractivity contribution in [3.63, 3.8) is 0 Å². The van der Waals surface area contributed by atoms with Crippen molar-refractivity contribution in [1.29, 1.82) is 0 Å². The highest BCUT2D eigenvalue weighted by Gasteiger charge is 2.11. The summed E-state index contributed by atoms with van der Waals surface area (Å²) in [5.74, 6) is 0. The van der Waals surface area contributed by atoms with E-state index in [2.05, 4.69) is 26.2 Å². The smallest absolute Gasteiger partial charge is 0.187 e. The van der Waals surface area contributed by atoms with Crippen molar-refractivity contribution in [2.75, 3.05) is 5.32 Å². The minimum atomic E-state index is 0.536. The molecule has 0 bridgehead atoms. The number of hydrogen-bond donors (Lipinski definition) is 1. The maximum atomic E-state index is 6.09. The number of benzene rings is 2. The van der Waals surface area contributed by atoms with E-state index in [1.807, 2.05) is 43.3 Å². The summed E-state index contributed by atoms with van der Waals surface area (Å²) in [6, 6.07) is 13.5. The van der Waals surface area contributed by atoms with Crippen LogP contribution in [0, 0.1) is 6.92 Å². The second kappa shape index (κ2) is 6.59. The third-order valence-electron chi connectivity index (χ3n) is 3.09. The average Bonchev–Trinajstić information content (AvgIpc) is 2.85. The predicted octanol–water partition coefficient (Wildman–Crippen LogP) is 6.93. The molecule has 22 heavy (non-hydrogen) atoms. The average molecular weight is 414 g/mol. The van der Waals surface area contributed by atoms with Crippen LogP contribution in [0.1, 0.15) is 4.88 Å². The maximum Gasteiger partial charge on any atom is 0.187 e. The summed E-state index contributed by atoms with van der Waals surface area (Å²) in [5, 5.41) is 5.25. The monoisotopic (exact) mass is 412 g/mol. The van der Waals surface area contributed by atoms with Crippen LogP contribution in [-0.2, 0) is 0 Å². The second-order valence-electron chi connectivity index (χ2n) is 4.68. The molecule has 0 saturated heterocycles. The van der Waals surface area contributed by atoms with Gasteiger partial charge in [0, 0.05) is 20.6 Å². The first-order valence-electron chi connectivity index (χ1n) is 6.48. The molecule has 6 heteroatoms. The number of hydrogen-bond acceptors (Lipinski definition) is 3. The molecule has 0 aliphatic heterocycles. The van der Waals surface area contributed by atoms with Crippen molar-refractivity contribution in [3.05, 3.63) is 61.9 Å². The van der Waals surface area contributed by atoms with Crippen LogP contribution in [0.2, 0.25) is 10.0 Å².